The molecule has 3 aromatic carbocycles. The maximum absolute atomic E-state index is 5.88. The van der Waals surface area contributed by atoms with Crippen molar-refractivity contribution in [2.75, 3.05) is 0 Å². The number of rotatable bonds is 1. The van der Waals surface area contributed by atoms with Crippen LogP contribution in [0, 0.1) is 6.07 Å². The number of para-hydroxylation sites is 1. The molecule has 0 atom stereocenters. The Hall–Kier alpha value is -2.54. The maximum Gasteiger partial charge on any atom is 0.136 e. The lowest BCUT2D eigenvalue weighted by molar-refractivity contribution is 0.669. The molecule has 1 radical (unpaired) electrons. The highest BCUT2D eigenvalue weighted by Gasteiger charge is 2.07. The summed E-state index contributed by atoms with van der Waals surface area (Å²) in [6.45, 7) is 0. The largest absolute Gasteiger partial charge is 0.456 e. The predicted octanol–water partition coefficient (Wildman–Crippen LogP) is 5.05. The summed E-state index contributed by atoms with van der Waals surface area (Å²) in [5, 5.41) is 2.17. The third kappa shape index (κ3) is 1.63. The van der Waals surface area contributed by atoms with Crippen LogP contribution in [0.2, 0.25) is 0 Å². The first-order valence-electron chi connectivity index (χ1n) is 6.30. The normalized spacial score (nSPS) is 11.2. The van der Waals surface area contributed by atoms with Crippen molar-refractivity contribution in [2.45, 2.75) is 0 Å². The molecule has 0 amide bonds. The van der Waals surface area contributed by atoms with E-state index in [1.165, 1.54) is 5.56 Å². The molecule has 0 saturated heterocycles. The number of fused-ring (bicyclic) bond motifs is 3. The van der Waals surface area contributed by atoms with E-state index in [-0.39, 0.29) is 0 Å². The standard InChI is InChI=1S/C18H11O/c1-2-6-13(7-3-1)14-10-11-16-15-8-4-5-9-17(15)19-18(16)12-14/h1-10,12H. The van der Waals surface area contributed by atoms with Crippen LogP contribution < -0.4 is 0 Å². The van der Waals surface area contributed by atoms with E-state index >= 15 is 0 Å². The third-order valence-electron chi connectivity index (χ3n) is 3.39. The Balaban J connectivity index is 1.99. The van der Waals surface area contributed by atoms with Crippen LogP contribution in [-0.2, 0) is 0 Å². The summed E-state index contributed by atoms with van der Waals surface area (Å²) in [6, 6.07) is 25.8. The van der Waals surface area contributed by atoms with Gasteiger partial charge in [0.1, 0.15) is 11.2 Å². The first-order chi connectivity index (χ1) is 9.42. The smallest absolute Gasteiger partial charge is 0.136 e. The Morgan fingerprint density at radius 3 is 2.42 bits per heavy atom. The van der Waals surface area contributed by atoms with E-state index < -0.39 is 0 Å². The number of hydrogen-bond donors (Lipinski definition) is 0. The topological polar surface area (TPSA) is 13.1 Å². The van der Waals surface area contributed by atoms with E-state index in [1.54, 1.807) is 0 Å². The molecule has 4 aromatic rings. The highest BCUT2D eigenvalue weighted by Crippen LogP contribution is 2.31. The fraction of sp³-hybridized carbons (Fsp3) is 0. The summed E-state index contributed by atoms with van der Waals surface area (Å²) in [6.07, 6.45) is 0. The molecular formula is C18H11O. The van der Waals surface area contributed by atoms with Crippen LogP contribution in [0.4, 0.5) is 0 Å². The summed E-state index contributed by atoms with van der Waals surface area (Å²) in [5.41, 5.74) is 4.12. The van der Waals surface area contributed by atoms with Crippen LogP contribution in [0.3, 0.4) is 0 Å². The molecule has 0 aliphatic heterocycles. The lowest BCUT2D eigenvalue weighted by Crippen LogP contribution is -1.76. The lowest BCUT2D eigenvalue weighted by Gasteiger charge is -2.00. The van der Waals surface area contributed by atoms with Gasteiger partial charge in [0.25, 0.3) is 0 Å². The van der Waals surface area contributed by atoms with Gasteiger partial charge in [-0.15, -0.1) is 0 Å². The Morgan fingerprint density at radius 1 is 0.737 bits per heavy atom. The zero-order valence-corrected chi connectivity index (χ0v) is 10.3. The highest BCUT2D eigenvalue weighted by atomic mass is 16.3. The monoisotopic (exact) mass is 243 g/mol. The minimum absolute atomic E-state index is 0.891. The molecular weight excluding hydrogens is 232 g/mol. The number of hydrogen-bond acceptors (Lipinski definition) is 1. The van der Waals surface area contributed by atoms with Gasteiger partial charge in [-0.3, -0.25) is 0 Å². The van der Waals surface area contributed by atoms with Crippen LogP contribution in [0.15, 0.2) is 71.1 Å². The summed E-state index contributed by atoms with van der Waals surface area (Å²) in [4.78, 5) is 0. The molecule has 1 aromatic heterocycles. The molecule has 4 rings (SSSR count). The van der Waals surface area contributed by atoms with Crippen molar-refractivity contribution >= 4 is 21.9 Å². The molecule has 19 heavy (non-hydrogen) atoms. The molecule has 0 spiro atoms. The molecule has 0 fully saturated rings. The molecule has 0 unspecified atom stereocenters. The van der Waals surface area contributed by atoms with Crippen molar-refractivity contribution in [3.63, 3.8) is 0 Å². The van der Waals surface area contributed by atoms with E-state index in [0.29, 0.717) is 0 Å². The van der Waals surface area contributed by atoms with Gasteiger partial charge in [-0.2, -0.15) is 0 Å². The van der Waals surface area contributed by atoms with Gasteiger partial charge in [0.05, 0.1) is 0 Å². The third-order valence-corrected chi connectivity index (χ3v) is 3.39. The van der Waals surface area contributed by atoms with Gasteiger partial charge in [-0.25, -0.2) is 0 Å². The summed E-state index contributed by atoms with van der Waals surface area (Å²) in [5.74, 6) is 0. The highest BCUT2D eigenvalue weighted by molar-refractivity contribution is 6.05. The van der Waals surface area contributed by atoms with Gasteiger partial charge in [-0.05, 0) is 35.4 Å². The SMILES string of the molecule is [c]1cc(-c2ccccc2)cc2oc3ccccc3c12. The lowest BCUT2D eigenvalue weighted by atomic mass is 10.0. The number of furan rings is 1. The van der Waals surface area contributed by atoms with Crippen LogP contribution >= 0.6 is 0 Å². The summed E-state index contributed by atoms with van der Waals surface area (Å²) >= 11 is 0. The molecule has 0 bridgehead atoms. The second-order valence-corrected chi connectivity index (χ2v) is 4.59. The minimum atomic E-state index is 0.891. The zero-order chi connectivity index (χ0) is 12.7. The molecule has 0 aliphatic carbocycles. The Bertz CT molecular complexity index is 857. The maximum atomic E-state index is 5.88. The Labute approximate surface area is 111 Å². The Kier molecular flexibility index (Phi) is 2.18. The molecule has 0 aliphatic rings. The fourth-order valence-corrected chi connectivity index (χ4v) is 2.45. The Morgan fingerprint density at radius 2 is 1.53 bits per heavy atom. The first-order valence-corrected chi connectivity index (χ1v) is 6.30. The zero-order valence-electron chi connectivity index (χ0n) is 10.3. The molecule has 0 N–H and O–H groups in total. The van der Waals surface area contributed by atoms with E-state index in [9.17, 15) is 0 Å². The predicted molar refractivity (Wildman–Crippen MR) is 78.0 cm³/mol. The van der Waals surface area contributed by atoms with Crippen LogP contribution in [0.25, 0.3) is 33.1 Å². The van der Waals surface area contributed by atoms with Crippen molar-refractivity contribution < 1.29 is 4.42 Å². The van der Waals surface area contributed by atoms with E-state index in [2.05, 4.69) is 30.3 Å². The van der Waals surface area contributed by atoms with Crippen molar-refractivity contribution in [1.82, 2.24) is 0 Å². The molecule has 1 heterocycles. The average molecular weight is 243 g/mol. The van der Waals surface area contributed by atoms with Crippen molar-refractivity contribution in [3.05, 3.63) is 72.8 Å². The van der Waals surface area contributed by atoms with Crippen LogP contribution in [0.5, 0.6) is 0 Å². The quantitative estimate of drug-likeness (QED) is 0.455. The van der Waals surface area contributed by atoms with E-state index in [0.717, 1.165) is 27.5 Å². The minimum Gasteiger partial charge on any atom is -0.456 e. The fourth-order valence-electron chi connectivity index (χ4n) is 2.45. The van der Waals surface area contributed by atoms with E-state index in [4.69, 9.17) is 4.42 Å². The van der Waals surface area contributed by atoms with Gasteiger partial charge in [-0.1, -0.05) is 48.5 Å². The molecule has 89 valence electrons. The summed E-state index contributed by atoms with van der Waals surface area (Å²) < 4.78 is 5.88. The van der Waals surface area contributed by atoms with Crippen LogP contribution in [-0.4, -0.2) is 0 Å². The van der Waals surface area contributed by atoms with Crippen molar-refractivity contribution in [2.24, 2.45) is 0 Å². The van der Waals surface area contributed by atoms with Crippen LogP contribution in [0.1, 0.15) is 0 Å². The summed E-state index contributed by atoms with van der Waals surface area (Å²) in [7, 11) is 0. The van der Waals surface area contributed by atoms with Gasteiger partial charge < -0.3 is 4.42 Å². The van der Waals surface area contributed by atoms with Gasteiger partial charge in [0, 0.05) is 10.8 Å². The molecule has 1 heteroatoms. The second-order valence-electron chi connectivity index (χ2n) is 4.59. The number of benzene rings is 3. The van der Waals surface area contributed by atoms with E-state index in [1.807, 2.05) is 42.5 Å². The van der Waals surface area contributed by atoms with Gasteiger partial charge >= 0.3 is 0 Å². The molecule has 0 saturated carbocycles. The second kappa shape index (κ2) is 3.99. The van der Waals surface area contributed by atoms with Gasteiger partial charge in [0.2, 0.25) is 0 Å². The molecule has 1 nitrogen and oxygen atoms in total. The first kappa shape index (κ1) is 10.4. The van der Waals surface area contributed by atoms with Crippen molar-refractivity contribution in [1.29, 1.82) is 0 Å². The van der Waals surface area contributed by atoms with Gasteiger partial charge in [0.15, 0.2) is 0 Å². The van der Waals surface area contributed by atoms with Crippen molar-refractivity contribution in [3.8, 4) is 11.1 Å². The average Bonchev–Trinajstić information content (AvgIpc) is 2.86.